The summed E-state index contributed by atoms with van der Waals surface area (Å²) in [6, 6.07) is 4.84. The molecule has 0 saturated heterocycles. The van der Waals surface area contributed by atoms with Crippen LogP contribution in [-0.4, -0.2) is 52.8 Å². The largest absolute Gasteiger partial charge is 0.308 e. The molecule has 0 atom stereocenters. The topological polar surface area (TPSA) is 54.3 Å². The van der Waals surface area contributed by atoms with Crippen LogP contribution >= 0.6 is 23.7 Å². The summed E-state index contributed by atoms with van der Waals surface area (Å²) in [5.41, 5.74) is 1.61. The number of aryl methyl sites for hydroxylation is 2. The predicted octanol–water partition coefficient (Wildman–Crippen LogP) is 3.11. The van der Waals surface area contributed by atoms with Crippen molar-refractivity contribution in [1.29, 1.82) is 0 Å². The van der Waals surface area contributed by atoms with Crippen LogP contribution in [0.1, 0.15) is 16.1 Å². The van der Waals surface area contributed by atoms with Crippen molar-refractivity contribution in [1.82, 2.24) is 19.7 Å². The van der Waals surface area contributed by atoms with Crippen LogP contribution in [0.4, 0.5) is 9.52 Å². The maximum Gasteiger partial charge on any atom is 0.278 e. The number of carbonyl (C=O) groups is 1. The van der Waals surface area contributed by atoms with Gasteiger partial charge in [-0.2, -0.15) is 5.10 Å². The van der Waals surface area contributed by atoms with Crippen molar-refractivity contribution in [2.45, 2.75) is 6.92 Å². The van der Waals surface area contributed by atoms with E-state index in [1.165, 1.54) is 17.4 Å². The molecule has 0 aliphatic carbocycles. The molecule has 2 aromatic heterocycles. The molecule has 0 saturated carbocycles. The quantitative estimate of drug-likeness (QED) is 0.663. The number of anilines is 1. The predicted molar refractivity (Wildman–Crippen MR) is 105 cm³/mol. The van der Waals surface area contributed by atoms with Gasteiger partial charge in [0.1, 0.15) is 17.0 Å². The molecule has 0 aliphatic heterocycles. The van der Waals surface area contributed by atoms with Crippen molar-refractivity contribution < 1.29 is 9.18 Å². The first-order valence-corrected chi connectivity index (χ1v) is 8.70. The van der Waals surface area contributed by atoms with E-state index in [1.807, 2.05) is 32.0 Å². The first-order chi connectivity index (χ1) is 11.9. The van der Waals surface area contributed by atoms with Crippen molar-refractivity contribution in [2.75, 3.05) is 32.1 Å². The number of nitrogens with zero attached hydrogens (tertiary/aromatic N) is 5. The van der Waals surface area contributed by atoms with Crippen molar-refractivity contribution in [3.05, 3.63) is 41.5 Å². The second kappa shape index (κ2) is 8.11. The Morgan fingerprint density at radius 3 is 2.62 bits per heavy atom. The van der Waals surface area contributed by atoms with E-state index in [0.29, 0.717) is 29.4 Å². The number of aromatic nitrogens is 3. The SMILES string of the molecule is Cc1cnn(C)c1C(=O)N(CCN(C)C)c1nc2c(F)cccc2s1.Cl. The molecule has 6 nitrogen and oxygen atoms in total. The van der Waals surface area contributed by atoms with Crippen molar-refractivity contribution in [2.24, 2.45) is 7.05 Å². The first-order valence-electron chi connectivity index (χ1n) is 7.88. The number of benzene rings is 1. The Morgan fingerprint density at radius 2 is 2.04 bits per heavy atom. The van der Waals surface area contributed by atoms with Gasteiger partial charge in [-0.3, -0.25) is 14.4 Å². The highest BCUT2D eigenvalue weighted by atomic mass is 35.5. The number of halogens is 2. The van der Waals surface area contributed by atoms with Crippen LogP contribution in [0.2, 0.25) is 0 Å². The van der Waals surface area contributed by atoms with Crippen LogP contribution in [0.5, 0.6) is 0 Å². The van der Waals surface area contributed by atoms with Crippen LogP contribution in [0.3, 0.4) is 0 Å². The zero-order chi connectivity index (χ0) is 18.1. The van der Waals surface area contributed by atoms with Crippen LogP contribution in [0, 0.1) is 12.7 Å². The molecule has 3 rings (SSSR count). The minimum Gasteiger partial charge on any atom is -0.308 e. The number of carbonyl (C=O) groups excluding carboxylic acids is 1. The number of rotatable bonds is 5. The van der Waals surface area contributed by atoms with Gasteiger partial charge in [0.15, 0.2) is 5.13 Å². The normalized spacial score (nSPS) is 11.0. The van der Waals surface area contributed by atoms with Crippen LogP contribution in [0.25, 0.3) is 10.2 Å². The molecule has 9 heteroatoms. The zero-order valence-electron chi connectivity index (χ0n) is 15.1. The van der Waals surface area contributed by atoms with Gasteiger partial charge < -0.3 is 4.90 Å². The molecule has 0 fully saturated rings. The van der Waals surface area contributed by atoms with Gasteiger partial charge in [0, 0.05) is 20.1 Å². The fraction of sp³-hybridized carbons (Fsp3) is 0.353. The number of fused-ring (bicyclic) bond motifs is 1. The molecule has 2 heterocycles. The minimum absolute atomic E-state index is 0. The Balaban J connectivity index is 0.00000243. The van der Waals surface area contributed by atoms with Crippen molar-refractivity contribution in [3.8, 4) is 0 Å². The summed E-state index contributed by atoms with van der Waals surface area (Å²) in [5, 5.41) is 4.64. The average molecular weight is 398 g/mol. The van der Waals surface area contributed by atoms with Gasteiger partial charge in [0.2, 0.25) is 0 Å². The van der Waals surface area contributed by atoms with E-state index >= 15 is 0 Å². The maximum absolute atomic E-state index is 14.0. The summed E-state index contributed by atoms with van der Waals surface area (Å²) in [6.07, 6.45) is 1.66. The van der Waals surface area contributed by atoms with Gasteiger partial charge in [0.05, 0.1) is 10.9 Å². The highest BCUT2D eigenvalue weighted by molar-refractivity contribution is 7.22. The summed E-state index contributed by atoms with van der Waals surface area (Å²) in [5.74, 6) is -0.560. The third kappa shape index (κ3) is 3.87. The number of hydrogen-bond acceptors (Lipinski definition) is 5. The van der Waals surface area contributed by atoms with E-state index in [2.05, 4.69) is 10.1 Å². The maximum atomic E-state index is 14.0. The van der Waals surface area contributed by atoms with E-state index in [-0.39, 0.29) is 24.1 Å². The monoisotopic (exact) mass is 397 g/mol. The second-order valence-electron chi connectivity index (χ2n) is 6.14. The average Bonchev–Trinajstić information content (AvgIpc) is 3.11. The van der Waals surface area contributed by atoms with Crippen molar-refractivity contribution >= 4 is 45.0 Å². The Bertz CT molecular complexity index is 904. The highest BCUT2D eigenvalue weighted by Crippen LogP contribution is 2.31. The first kappa shape index (κ1) is 20.3. The Hall–Kier alpha value is -2.03. The number of hydrogen-bond donors (Lipinski definition) is 0. The molecule has 0 spiro atoms. The van der Waals surface area contributed by atoms with Crippen LogP contribution in [0.15, 0.2) is 24.4 Å². The van der Waals surface area contributed by atoms with Gasteiger partial charge in [-0.25, -0.2) is 9.37 Å². The molecule has 0 N–H and O–H groups in total. The third-order valence-electron chi connectivity index (χ3n) is 3.93. The minimum atomic E-state index is -0.378. The molecule has 26 heavy (non-hydrogen) atoms. The number of likely N-dealkylation sites (N-methyl/N-ethyl adjacent to an activating group) is 1. The van der Waals surface area contributed by atoms with Gasteiger partial charge in [-0.1, -0.05) is 17.4 Å². The molecule has 0 radical (unpaired) electrons. The Kier molecular flexibility index (Phi) is 6.33. The fourth-order valence-corrected chi connectivity index (χ4v) is 3.59. The molecule has 0 bridgehead atoms. The van der Waals surface area contributed by atoms with Crippen LogP contribution in [-0.2, 0) is 7.05 Å². The van der Waals surface area contributed by atoms with E-state index in [1.54, 1.807) is 28.9 Å². The highest BCUT2D eigenvalue weighted by Gasteiger charge is 2.25. The lowest BCUT2D eigenvalue weighted by molar-refractivity contribution is 0.0975. The molecule has 140 valence electrons. The summed E-state index contributed by atoms with van der Waals surface area (Å²) in [4.78, 5) is 21.1. The summed E-state index contributed by atoms with van der Waals surface area (Å²) >= 11 is 1.31. The number of thiazole rings is 1. The number of para-hydroxylation sites is 1. The molecule has 3 aromatic rings. The summed E-state index contributed by atoms with van der Waals surface area (Å²) in [7, 11) is 5.62. The second-order valence-corrected chi connectivity index (χ2v) is 7.15. The van der Waals surface area contributed by atoms with Gasteiger partial charge in [-0.05, 0) is 38.7 Å². The Morgan fingerprint density at radius 1 is 1.31 bits per heavy atom. The summed E-state index contributed by atoms with van der Waals surface area (Å²) < 4.78 is 16.3. The molecule has 0 aliphatic rings. The van der Waals surface area contributed by atoms with E-state index in [4.69, 9.17) is 0 Å². The smallest absolute Gasteiger partial charge is 0.278 e. The van der Waals surface area contributed by atoms with Crippen molar-refractivity contribution in [3.63, 3.8) is 0 Å². The third-order valence-corrected chi connectivity index (χ3v) is 4.97. The molecular weight excluding hydrogens is 377 g/mol. The van der Waals surface area contributed by atoms with Gasteiger partial charge in [0.25, 0.3) is 5.91 Å². The molecule has 1 aromatic carbocycles. The summed E-state index contributed by atoms with van der Waals surface area (Å²) in [6.45, 7) is 2.97. The zero-order valence-corrected chi connectivity index (χ0v) is 16.7. The van der Waals surface area contributed by atoms with E-state index in [0.717, 1.165) is 10.3 Å². The van der Waals surface area contributed by atoms with Gasteiger partial charge >= 0.3 is 0 Å². The Labute approximate surface area is 161 Å². The van der Waals surface area contributed by atoms with E-state index in [9.17, 15) is 9.18 Å². The lowest BCUT2D eigenvalue weighted by Gasteiger charge is -2.22. The fourth-order valence-electron chi connectivity index (χ4n) is 2.58. The van der Waals surface area contributed by atoms with E-state index < -0.39 is 0 Å². The lowest BCUT2D eigenvalue weighted by atomic mass is 10.2. The van der Waals surface area contributed by atoms with Crippen LogP contribution < -0.4 is 4.90 Å². The molecule has 0 unspecified atom stereocenters. The lowest BCUT2D eigenvalue weighted by Crippen LogP contribution is -2.38. The number of amides is 1. The standard InChI is InChI=1S/C17H20FN5OS.ClH/c1-11-10-19-22(4)15(11)16(24)23(9-8-21(2)3)17-20-14-12(18)6-5-7-13(14)25-17;/h5-7,10H,8-9H2,1-4H3;1H. The van der Waals surface area contributed by atoms with Gasteiger partial charge in [-0.15, -0.1) is 12.4 Å². The molecular formula is C17H21ClFN5OS. The molecule has 1 amide bonds.